The average Bonchev–Trinajstić information content (AvgIpc) is 3.20. The summed E-state index contributed by atoms with van der Waals surface area (Å²) in [5.41, 5.74) is 2.19. The number of nitro groups is 1. The van der Waals surface area contributed by atoms with Crippen molar-refractivity contribution in [3.63, 3.8) is 0 Å². The molecule has 1 aliphatic heterocycles. The van der Waals surface area contributed by atoms with Gasteiger partial charge in [-0.3, -0.25) is 10.1 Å². The number of aryl methyl sites for hydroxylation is 1. The second-order valence-electron chi connectivity index (χ2n) is 7.38. The van der Waals surface area contributed by atoms with E-state index in [4.69, 9.17) is 14.2 Å². The van der Waals surface area contributed by atoms with Gasteiger partial charge in [0.15, 0.2) is 17.2 Å². The summed E-state index contributed by atoms with van der Waals surface area (Å²) in [4.78, 5) is 39.6. The third kappa shape index (κ3) is 5.22. The van der Waals surface area contributed by atoms with Crippen LogP contribution in [0.15, 0.2) is 71.4 Å². The Bertz CT molecular complexity index is 1410. The molecule has 0 spiro atoms. The van der Waals surface area contributed by atoms with Crippen molar-refractivity contribution in [2.24, 2.45) is 4.99 Å². The lowest BCUT2D eigenvalue weighted by Crippen LogP contribution is -2.11. The van der Waals surface area contributed by atoms with Crippen LogP contribution in [-0.2, 0) is 9.53 Å². The Kier molecular flexibility index (Phi) is 6.92. The molecule has 3 aromatic rings. The molecule has 0 aromatic heterocycles. The summed E-state index contributed by atoms with van der Waals surface area (Å²) >= 11 is 2.02. The van der Waals surface area contributed by atoms with E-state index in [-0.39, 0.29) is 23.0 Å². The molecule has 0 amide bonds. The molecular formula is C25H17IN2O7. The summed E-state index contributed by atoms with van der Waals surface area (Å²) in [5, 5.41) is 10.8. The first-order chi connectivity index (χ1) is 16.8. The Hall–Kier alpha value is -4.06. The maximum absolute atomic E-state index is 12.7. The second kappa shape index (κ2) is 10.1. The monoisotopic (exact) mass is 584 g/mol. The van der Waals surface area contributed by atoms with E-state index >= 15 is 0 Å². The highest BCUT2D eigenvalue weighted by atomic mass is 127. The van der Waals surface area contributed by atoms with Gasteiger partial charge in [0, 0.05) is 17.7 Å². The number of carbonyl (C=O) groups is 2. The van der Waals surface area contributed by atoms with Crippen molar-refractivity contribution < 1.29 is 28.7 Å². The number of aliphatic imine (C=N–C) groups is 1. The van der Waals surface area contributed by atoms with E-state index in [1.54, 1.807) is 24.3 Å². The van der Waals surface area contributed by atoms with Crippen LogP contribution in [0.3, 0.4) is 0 Å². The van der Waals surface area contributed by atoms with Crippen LogP contribution in [-0.4, -0.2) is 29.9 Å². The minimum atomic E-state index is -0.664. The zero-order valence-electron chi connectivity index (χ0n) is 18.5. The van der Waals surface area contributed by atoms with Crippen molar-refractivity contribution in [2.75, 3.05) is 7.11 Å². The number of halogens is 1. The number of benzene rings is 3. The molecule has 0 atom stereocenters. The van der Waals surface area contributed by atoms with E-state index in [9.17, 15) is 19.7 Å². The zero-order valence-corrected chi connectivity index (χ0v) is 20.6. The van der Waals surface area contributed by atoms with E-state index in [1.807, 2.05) is 41.6 Å². The summed E-state index contributed by atoms with van der Waals surface area (Å²) in [7, 11) is 1.45. The predicted octanol–water partition coefficient (Wildman–Crippen LogP) is 5.08. The van der Waals surface area contributed by atoms with Gasteiger partial charge in [0.05, 0.1) is 21.2 Å². The Balaban J connectivity index is 1.61. The first-order valence-corrected chi connectivity index (χ1v) is 11.3. The zero-order chi connectivity index (χ0) is 25.1. The van der Waals surface area contributed by atoms with Crippen molar-refractivity contribution in [3.05, 3.63) is 102 Å². The average molecular weight is 584 g/mol. The van der Waals surface area contributed by atoms with Crippen molar-refractivity contribution in [1.29, 1.82) is 0 Å². The molecule has 3 aromatic carbocycles. The van der Waals surface area contributed by atoms with Gasteiger partial charge in [0.2, 0.25) is 5.90 Å². The van der Waals surface area contributed by atoms with Crippen LogP contribution in [0, 0.1) is 20.6 Å². The standard InChI is InChI=1S/C25H17IN2O7/c1-14-5-3-4-6-18(14)24(29)34-22-19(26)11-15(13-21(22)33-2)12-20-25(30)35-23(27-20)16-7-9-17(10-8-16)28(31)32/h3-13H,1-2H3/b20-12-. The molecule has 35 heavy (non-hydrogen) atoms. The minimum Gasteiger partial charge on any atom is -0.493 e. The molecule has 10 heteroatoms. The van der Waals surface area contributed by atoms with Crippen LogP contribution in [0.5, 0.6) is 11.5 Å². The van der Waals surface area contributed by atoms with Crippen LogP contribution >= 0.6 is 22.6 Å². The van der Waals surface area contributed by atoms with E-state index in [0.717, 1.165) is 5.56 Å². The number of nitro benzene ring substituents is 1. The number of methoxy groups -OCH3 is 1. The molecule has 1 aliphatic rings. The first-order valence-electron chi connectivity index (χ1n) is 10.2. The summed E-state index contributed by atoms with van der Waals surface area (Å²) in [5.74, 6) is -0.574. The largest absolute Gasteiger partial charge is 0.493 e. The fraction of sp³-hybridized carbons (Fsp3) is 0.0800. The Morgan fingerprint density at radius 2 is 1.86 bits per heavy atom. The molecule has 0 radical (unpaired) electrons. The first kappa shape index (κ1) is 24.1. The lowest BCUT2D eigenvalue weighted by atomic mass is 10.1. The van der Waals surface area contributed by atoms with Crippen molar-refractivity contribution in [2.45, 2.75) is 6.92 Å². The predicted molar refractivity (Wildman–Crippen MR) is 136 cm³/mol. The van der Waals surface area contributed by atoms with Crippen LogP contribution < -0.4 is 9.47 Å². The van der Waals surface area contributed by atoms with Gasteiger partial charge in [0.1, 0.15) is 0 Å². The number of hydrogen-bond donors (Lipinski definition) is 0. The number of rotatable bonds is 6. The Morgan fingerprint density at radius 3 is 2.51 bits per heavy atom. The van der Waals surface area contributed by atoms with Gasteiger partial charge in [-0.2, -0.15) is 0 Å². The summed E-state index contributed by atoms with van der Waals surface area (Å²) < 4.78 is 16.9. The number of carbonyl (C=O) groups excluding carboxylic acids is 2. The van der Waals surface area contributed by atoms with Crippen molar-refractivity contribution >= 4 is 52.2 Å². The maximum atomic E-state index is 12.7. The number of esters is 2. The highest BCUT2D eigenvalue weighted by molar-refractivity contribution is 14.1. The van der Waals surface area contributed by atoms with Crippen LogP contribution in [0.25, 0.3) is 6.08 Å². The van der Waals surface area contributed by atoms with Gasteiger partial charge in [-0.05, 0) is 77.0 Å². The maximum Gasteiger partial charge on any atom is 0.363 e. The smallest absolute Gasteiger partial charge is 0.363 e. The third-order valence-corrected chi connectivity index (χ3v) is 5.86. The quantitative estimate of drug-likeness (QED) is 0.0991. The molecule has 4 rings (SSSR count). The number of cyclic esters (lactones) is 1. The molecule has 1 heterocycles. The van der Waals surface area contributed by atoms with Crippen molar-refractivity contribution in [3.8, 4) is 11.5 Å². The van der Waals surface area contributed by atoms with E-state index in [2.05, 4.69) is 4.99 Å². The van der Waals surface area contributed by atoms with Crippen molar-refractivity contribution in [1.82, 2.24) is 0 Å². The molecule has 0 bridgehead atoms. The highest BCUT2D eigenvalue weighted by Crippen LogP contribution is 2.36. The van der Waals surface area contributed by atoms with Gasteiger partial charge >= 0.3 is 11.9 Å². The second-order valence-corrected chi connectivity index (χ2v) is 8.54. The minimum absolute atomic E-state index is 0.0425. The molecular weight excluding hydrogens is 567 g/mol. The number of nitrogens with zero attached hydrogens (tertiary/aromatic N) is 2. The summed E-state index contributed by atoms with van der Waals surface area (Å²) in [6, 6.07) is 15.9. The van der Waals surface area contributed by atoms with E-state index in [1.165, 1.54) is 37.5 Å². The summed E-state index contributed by atoms with van der Waals surface area (Å²) in [6.45, 7) is 1.82. The molecule has 0 aliphatic carbocycles. The fourth-order valence-corrected chi connectivity index (χ4v) is 4.02. The number of non-ortho nitro benzene ring substituents is 1. The molecule has 0 fully saturated rings. The van der Waals surface area contributed by atoms with E-state index in [0.29, 0.717) is 26.0 Å². The molecule has 0 unspecified atom stereocenters. The van der Waals surface area contributed by atoms with Crippen LogP contribution in [0.1, 0.15) is 27.0 Å². The van der Waals surface area contributed by atoms with Gasteiger partial charge in [0.25, 0.3) is 5.69 Å². The molecule has 176 valence electrons. The fourth-order valence-electron chi connectivity index (χ4n) is 3.29. The molecule has 9 nitrogen and oxygen atoms in total. The number of hydrogen-bond acceptors (Lipinski definition) is 8. The highest BCUT2D eigenvalue weighted by Gasteiger charge is 2.25. The summed E-state index contributed by atoms with van der Waals surface area (Å²) in [6.07, 6.45) is 1.51. The molecule has 0 N–H and O–H groups in total. The van der Waals surface area contributed by atoms with Crippen LogP contribution in [0.2, 0.25) is 0 Å². The SMILES string of the molecule is COc1cc(/C=C2\N=C(c3ccc([N+](=O)[O-])cc3)OC2=O)cc(I)c1OC(=O)c1ccccc1C. The lowest BCUT2D eigenvalue weighted by Gasteiger charge is -2.13. The van der Waals surface area contributed by atoms with Gasteiger partial charge in [-0.25, -0.2) is 14.6 Å². The van der Waals surface area contributed by atoms with E-state index < -0.39 is 16.9 Å². The number of ether oxygens (including phenoxy) is 3. The Morgan fingerprint density at radius 1 is 1.14 bits per heavy atom. The molecule has 0 saturated heterocycles. The topological polar surface area (TPSA) is 117 Å². The molecule has 0 saturated carbocycles. The third-order valence-electron chi connectivity index (χ3n) is 5.06. The van der Waals surface area contributed by atoms with Gasteiger partial charge in [-0.1, -0.05) is 18.2 Å². The Labute approximate surface area is 213 Å². The van der Waals surface area contributed by atoms with Crippen LogP contribution in [0.4, 0.5) is 5.69 Å². The normalized spacial score (nSPS) is 13.9. The lowest BCUT2D eigenvalue weighted by molar-refractivity contribution is -0.384. The van der Waals surface area contributed by atoms with Gasteiger partial charge in [-0.15, -0.1) is 0 Å². The van der Waals surface area contributed by atoms with Gasteiger partial charge < -0.3 is 14.2 Å².